The minimum atomic E-state index is 0.588. The fraction of sp³-hybridized carbons (Fsp3) is 1.00. The van der Waals surface area contributed by atoms with Crippen molar-refractivity contribution in [1.29, 1.82) is 0 Å². The van der Waals surface area contributed by atoms with Crippen molar-refractivity contribution in [2.45, 2.75) is 64.6 Å². The predicted octanol–water partition coefficient (Wildman–Crippen LogP) is 3.40. The van der Waals surface area contributed by atoms with E-state index in [1.807, 2.05) is 0 Å². The summed E-state index contributed by atoms with van der Waals surface area (Å²) in [5.41, 5.74) is 0. The van der Waals surface area contributed by atoms with Crippen LogP contribution in [0.4, 0.5) is 0 Å². The highest BCUT2D eigenvalue weighted by molar-refractivity contribution is 4.94. The van der Waals surface area contributed by atoms with E-state index in [2.05, 4.69) is 13.8 Å². The smallest absolute Gasteiger partial charge is 0.0845 e. The third-order valence-electron chi connectivity index (χ3n) is 4.11. The maximum Gasteiger partial charge on any atom is 0.0845 e. The van der Waals surface area contributed by atoms with Gasteiger partial charge in [-0.05, 0) is 31.1 Å². The van der Waals surface area contributed by atoms with Crippen molar-refractivity contribution < 1.29 is 9.47 Å². The molecule has 0 spiro atoms. The van der Waals surface area contributed by atoms with Gasteiger partial charge in [0.15, 0.2) is 0 Å². The average Bonchev–Trinajstić information content (AvgIpc) is 3.01. The van der Waals surface area contributed by atoms with E-state index in [4.69, 9.17) is 9.47 Å². The van der Waals surface area contributed by atoms with Crippen LogP contribution in [-0.2, 0) is 9.47 Å². The van der Waals surface area contributed by atoms with Gasteiger partial charge in [0.25, 0.3) is 0 Å². The molecule has 2 fully saturated rings. The van der Waals surface area contributed by atoms with Crippen LogP contribution >= 0.6 is 0 Å². The van der Waals surface area contributed by atoms with Crippen LogP contribution in [0, 0.1) is 11.8 Å². The first kappa shape index (κ1) is 12.4. The Balaban J connectivity index is 1.52. The molecule has 0 aromatic heterocycles. The Kier molecular flexibility index (Phi) is 4.66. The van der Waals surface area contributed by atoms with Gasteiger partial charge in [-0.2, -0.15) is 0 Å². The molecule has 1 heterocycles. The molecule has 2 rings (SSSR count). The molecule has 4 atom stereocenters. The van der Waals surface area contributed by atoms with E-state index >= 15 is 0 Å². The Labute approximate surface area is 99.7 Å². The number of unbranched alkanes of at least 4 members (excludes halogenated alkanes) is 3. The molecule has 0 N–H and O–H groups in total. The number of ether oxygens (including phenoxy) is 2. The van der Waals surface area contributed by atoms with Crippen molar-refractivity contribution in [2.75, 3.05) is 13.2 Å². The molecule has 1 saturated heterocycles. The first-order valence-corrected chi connectivity index (χ1v) is 7.04. The quantitative estimate of drug-likeness (QED) is 0.490. The van der Waals surface area contributed by atoms with Gasteiger partial charge in [-0.3, -0.25) is 0 Å². The first-order chi connectivity index (χ1) is 7.81. The van der Waals surface area contributed by atoms with Crippen LogP contribution < -0.4 is 0 Å². The van der Waals surface area contributed by atoms with E-state index in [9.17, 15) is 0 Å². The Morgan fingerprint density at radius 3 is 2.75 bits per heavy atom. The van der Waals surface area contributed by atoms with Crippen LogP contribution in [0.5, 0.6) is 0 Å². The van der Waals surface area contributed by atoms with Gasteiger partial charge in [-0.1, -0.05) is 33.1 Å². The molecular weight excluding hydrogens is 200 g/mol. The summed E-state index contributed by atoms with van der Waals surface area (Å²) in [7, 11) is 0. The summed E-state index contributed by atoms with van der Waals surface area (Å²) in [5, 5.41) is 0. The second kappa shape index (κ2) is 6.02. The van der Waals surface area contributed by atoms with E-state index in [1.165, 1.54) is 38.5 Å². The molecule has 2 heteroatoms. The average molecular weight is 226 g/mol. The summed E-state index contributed by atoms with van der Waals surface area (Å²) >= 11 is 0. The largest absolute Gasteiger partial charge is 0.381 e. The zero-order valence-electron chi connectivity index (χ0n) is 10.8. The first-order valence-electron chi connectivity index (χ1n) is 7.04. The van der Waals surface area contributed by atoms with Gasteiger partial charge in [0, 0.05) is 13.2 Å². The number of rotatable bonds is 7. The number of fused-ring (bicyclic) bond motifs is 1. The van der Waals surface area contributed by atoms with E-state index < -0.39 is 0 Å². The standard InChI is InChI=1S/C14H26O2/c1-3-4-5-6-7-15-10-12-9-14-13(16-14)8-11(12)2/h11-14H,3-10H2,1-2H3. The minimum absolute atomic E-state index is 0.588. The fourth-order valence-electron chi connectivity index (χ4n) is 2.78. The van der Waals surface area contributed by atoms with Crippen molar-refractivity contribution in [1.82, 2.24) is 0 Å². The zero-order chi connectivity index (χ0) is 11.4. The monoisotopic (exact) mass is 226 g/mol. The molecule has 16 heavy (non-hydrogen) atoms. The molecule has 1 aliphatic heterocycles. The second-order valence-electron chi connectivity index (χ2n) is 5.56. The van der Waals surface area contributed by atoms with Crippen molar-refractivity contribution >= 4 is 0 Å². The van der Waals surface area contributed by atoms with E-state index in [0.29, 0.717) is 12.2 Å². The lowest BCUT2D eigenvalue weighted by molar-refractivity contribution is 0.0662. The molecule has 0 aromatic rings. The number of hydrogen-bond donors (Lipinski definition) is 0. The molecule has 2 aliphatic rings. The summed E-state index contributed by atoms with van der Waals surface area (Å²) in [4.78, 5) is 0. The van der Waals surface area contributed by atoms with Crippen molar-refractivity contribution in [3.63, 3.8) is 0 Å². The van der Waals surface area contributed by atoms with E-state index in [1.54, 1.807) is 0 Å². The number of epoxide rings is 1. The van der Waals surface area contributed by atoms with Crippen LogP contribution in [0.3, 0.4) is 0 Å². The Hall–Kier alpha value is -0.0800. The Morgan fingerprint density at radius 2 is 1.94 bits per heavy atom. The summed E-state index contributed by atoms with van der Waals surface area (Å²) in [6.07, 6.45) is 8.90. The van der Waals surface area contributed by atoms with Gasteiger partial charge in [-0.15, -0.1) is 0 Å². The zero-order valence-corrected chi connectivity index (χ0v) is 10.8. The molecule has 0 amide bonds. The van der Waals surface area contributed by atoms with Crippen molar-refractivity contribution in [2.24, 2.45) is 11.8 Å². The van der Waals surface area contributed by atoms with Crippen molar-refractivity contribution in [3.05, 3.63) is 0 Å². The third-order valence-corrected chi connectivity index (χ3v) is 4.11. The Bertz CT molecular complexity index is 205. The topological polar surface area (TPSA) is 21.8 Å². The maximum absolute atomic E-state index is 5.80. The van der Waals surface area contributed by atoms with Crippen LogP contribution in [0.25, 0.3) is 0 Å². The maximum atomic E-state index is 5.80. The molecule has 2 nitrogen and oxygen atoms in total. The van der Waals surface area contributed by atoms with Gasteiger partial charge in [0.1, 0.15) is 0 Å². The molecule has 0 bridgehead atoms. The molecule has 1 aliphatic carbocycles. The molecule has 4 unspecified atom stereocenters. The summed E-state index contributed by atoms with van der Waals surface area (Å²) in [6, 6.07) is 0. The van der Waals surface area contributed by atoms with Gasteiger partial charge >= 0.3 is 0 Å². The highest BCUT2D eigenvalue weighted by atomic mass is 16.6. The summed E-state index contributed by atoms with van der Waals surface area (Å²) in [6.45, 7) is 6.51. The molecule has 0 aromatic carbocycles. The fourth-order valence-corrected chi connectivity index (χ4v) is 2.78. The molecule has 1 saturated carbocycles. The number of hydrogen-bond acceptors (Lipinski definition) is 2. The lowest BCUT2D eigenvalue weighted by Crippen LogP contribution is -2.26. The van der Waals surface area contributed by atoms with E-state index in [-0.39, 0.29) is 0 Å². The summed E-state index contributed by atoms with van der Waals surface area (Å²) in [5.74, 6) is 1.54. The highest BCUT2D eigenvalue weighted by Gasteiger charge is 2.46. The van der Waals surface area contributed by atoms with E-state index in [0.717, 1.165) is 25.0 Å². The minimum Gasteiger partial charge on any atom is -0.381 e. The lowest BCUT2D eigenvalue weighted by atomic mass is 9.81. The SMILES string of the molecule is CCCCCCOCC1CC2OC2CC1C. The normalized spacial score (nSPS) is 37.1. The predicted molar refractivity (Wildman–Crippen MR) is 65.5 cm³/mol. The molecule has 0 radical (unpaired) electrons. The summed E-state index contributed by atoms with van der Waals surface area (Å²) < 4.78 is 11.4. The second-order valence-corrected chi connectivity index (χ2v) is 5.56. The Morgan fingerprint density at radius 1 is 1.12 bits per heavy atom. The third kappa shape index (κ3) is 3.46. The van der Waals surface area contributed by atoms with Crippen LogP contribution in [0.2, 0.25) is 0 Å². The molecule has 94 valence electrons. The van der Waals surface area contributed by atoms with Gasteiger partial charge in [-0.25, -0.2) is 0 Å². The van der Waals surface area contributed by atoms with Gasteiger partial charge in [0.2, 0.25) is 0 Å². The van der Waals surface area contributed by atoms with Crippen LogP contribution in [0.1, 0.15) is 52.4 Å². The van der Waals surface area contributed by atoms with Crippen LogP contribution in [0.15, 0.2) is 0 Å². The van der Waals surface area contributed by atoms with Crippen molar-refractivity contribution in [3.8, 4) is 0 Å². The van der Waals surface area contributed by atoms with Crippen LogP contribution in [-0.4, -0.2) is 25.4 Å². The van der Waals surface area contributed by atoms with Gasteiger partial charge < -0.3 is 9.47 Å². The molecular formula is C14H26O2. The highest BCUT2D eigenvalue weighted by Crippen LogP contribution is 2.42. The van der Waals surface area contributed by atoms with Gasteiger partial charge in [0.05, 0.1) is 12.2 Å². The lowest BCUT2D eigenvalue weighted by Gasteiger charge is -2.25.